The van der Waals surface area contributed by atoms with Gasteiger partial charge in [0.05, 0.1) is 21.8 Å². The molecule has 3 heteroatoms. The summed E-state index contributed by atoms with van der Waals surface area (Å²) in [5, 5.41) is 5.07. The van der Waals surface area contributed by atoms with Gasteiger partial charge in [-0.2, -0.15) is 0 Å². The van der Waals surface area contributed by atoms with Crippen molar-refractivity contribution in [2.24, 2.45) is 0 Å². The van der Waals surface area contributed by atoms with Crippen molar-refractivity contribution in [3.63, 3.8) is 0 Å². The van der Waals surface area contributed by atoms with Gasteiger partial charge in [-0.15, -0.1) is 11.3 Å². The van der Waals surface area contributed by atoms with Crippen LogP contribution < -0.4 is 9.80 Å². The molecule has 260 valence electrons. The van der Waals surface area contributed by atoms with Crippen LogP contribution in [-0.2, 0) is 0 Å². The zero-order valence-corrected chi connectivity index (χ0v) is 30.9. The minimum atomic E-state index is 1.09. The fourth-order valence-electron chi connectivity index (χ4n) is 7.94. The van der Waals surface area contributed by atoms with E-state index in [1.165, 1.54) is 53.2 Å². The lowest BCUT2D eigenvalue weighted by Crippen LogP contribution is -2.17. The van der Waals surface area contributed by atoms with Gasteiger partial charge in [0.15, 0.2) is 0 Å². The number of benzene rings is 9. The van der Waals surface area contributed by atoms with Crippen molar-refractivity contribution >= 4 is 76.4 Å². The van der Waals surface area contributed by atoms with Crippen molar-refractivity contribution in [1.82, 2.24) is 0 Å². The van der Waals surface area contributed by atoms with E-state index in [-0.39, 0.29) is 0 Å². The monoisotopic (exact) mass is 720 g/mol. The maximum Gasteiger partial charge on any atom is 0.0883 e. The lowest BCUT2D eigenvalue weighted by molar-refractivity contribution is 1.24. The second kappa shape index (κ2) is 14.1. The number of rotatable bonds is 8. The van der Waals surface area contributed by atoms with Gasteiger partial charge in [-0.3, -0.25) is 0 Å². The van der Waals surface area contributed by atoms with E-state index in [2.05, 4.69) is 228 Å². The van der Waals surface area contributed by atoms with Gasteiger partial charge in [-0.05, 0) is 82.1 Å². The highest BCUT2D eigenvalue weighted by Crippen LogP contribution is 2.54. The number of para-hydroxylation sites is 3. The number of nitrogens with zero attached hydrogens (tertiary/aromatic N) is 2. The first-order valence-corrected chi connectivity index (χ1v) is 19.5. The number of fused-ring (bicyclic) bond motifs is 5. The Kier molecular flexibility index (Phi) is 8.40. The zero-order chi connectivity index (χ0) is 36.6. The van der Waals surface area contributed by atoms with Crippen LogP contribution >= 0.6 is 11.3 Å². The van der Waals surface area contributed by atoms with E-state index in [9.17, 15) is 0 Å². The molecule has 10 aromatic rings. The Labute approximate surface area is 325 Å². The van der Waals surface area contributed by atoms with Crippen LogP contribution in [0.1, 0.15) is 0 Å². The third-order valence-corrected chi connectivity index (χ3v) is 11.6. The summed E-state index contributed by atoms with van der Waals surface area (Å²) in [4.78, 5) is 4.93. The van der Waals surface area contributed by atoms with E-state index in [1.807, 2.05) is 11.3 Å². The largest absolute Gasteiger partial charge is 0.308 e. The zero-order valence-electron chi connectivity index (χ0n) is 30.1. The maximum atomic E-state index is 2.49. The van der Waals surface area contributed by atoms with Gasteiger partial charge in [0, 0.05) is 38.1 Å². The average Bonchev–Trinajstić information content (AvgIpc) is 3.66. The molecule has 0 aliphatic carbocycles. The predicted molar refractivity (Wildman–Crippen MR) is 237 cm³/mol. The van der Waals surface area contributed by atoms with Crippen molar-refractivity contribution < 1.29 is 0 Å². The standard InChI is InChI=1S/C52H36N2S/c1-5-18-37(19-6-1)40-23-17-28-43(36-40)53(41-24-9-3-10-25-41)48-34-33-46-50-45-30-14-13-22-39(45)32-35-49(50)55-52(46)51(48)54(42-26-11-4-12-27-42)47-31-16-15-29-44(47)38-20-7-2-8-21-38/h1-36H. The fourth-order valence-corrected chi connectivity index (χ4v) is 9.19. The van der Waals surface area contributed by atoms with Gasteiger partial charge in [-0.1, -0.05) is 164 Å². The first-order chi connectivity index (χ1) is 27.3. The molecule has 0 amide bonds. The molecule has 10 rings (SSSR count). The lowest BCUT2D eigenvalue weighted by Gasteiger charge is -2.34. The first kappa shape index (κ1) is 32.7. The second-order valence-electron chi connectivity index (χ2n) is 13.7. The van der Waals surface area contributed by atoms with E-state index in [0.717, 1.165) is 34.1 Å². The molecule has 9 aromatic carbocycles. The molecule has 2 nitrogen and oxygen atoms in total. The summed E-state index contributed by atoms with van der Waals surface area (Å²) in [6.07, 6.45) is 0. The molecule has 0 N–H and O–H groups in total. The Balaban J connectivity index is 1.34. The molecule has 0 atom stereocenters. The number of hydrogen-bond donors (Lipinski definition) is 0. The Hall–Kier alpha value is -6.94. The summed E-state index contributed by atoms with van der Waals surface area (Å²) in [6.45, 7) is 0. The number of thiophene rings is 1. The summed E-state index contributed by atoms with van der Waals surface area (Å²) < 4.78 is 2.50. The van der Waals surface area contributed by atoms with Crippen molar-refractivity contribution in [2.75, 3.05) is 9.80 Å². The minimum absolute atomic E-state index is 1.09. The molecule has 0 aliphatic rings. The van der Waals surface area contributed by atoms with Crippen molar-refractivity contribution in [3.05, 3.63) is 218 Å². The first-order valence-electron chi connectivity index (χ1n) is 18.7. The predicted octanol–water partition coefficient (Wildman–Crippen LogP) is 15.5. The van der Waals surface area contributed by atoms with Crippen LogP contribution in [0.25, 0.3) is 53.2 Å². The maximum absolute atomic E-state index is 2.49. The molecule has 0 radical (unpaired) electrons. The van der Waals surface area contributed by atoms with Crippen LogP contribution in [0.2, 0.25) is 0 Å². The van der Waals surface area contributed by atoms with E-state index in [4.69, 9.17) is 0 Å². The molecule has 0 unspecified atom stereocenters. The van der Waals surface area contributed by atoms with E-state index in [0.29, 0.717) is 0 Å². The molecule has 0 saturated heterocycles. The molecule has 0 bridgehead atoms. The molecule has 1 aromatic heterocycles. The number of hydrogen-bond acceptors (Lipinski definition) is 3. The normalized spacial score (nSPS) is 11.3. The van der Waals surface area contributed by atoms with E-state index < -0.39 is 0 Å². The van der Waals surface area contributed by atoms with Crippen LogP contribution in [0, 0.1) is 0 Å². The van der Waals surface area contributed by atoms with E-state index >= 15 is 0 Å². The molecule has 0 fully saturated rings. The highest BCUT2D eigenvalue weighted by atomic mass is 32.1. The van der Waals surface area contributed by atoms with Crippen molar-refractivity contribution in [3.8, 4) is 22.3 Å². The Morgan fingerprint density at radius 1 is 0.345 bits per heavy atom. The summed E-state index contributed by atoms with van der Waals surface area (Å²) >= 11 is 1.88. The minimum Gasteiger partial charge on any atom is -0.308 e. The molecule has 55 heavy (non-hydrogen) atoms. The summed E-state index contributed by atoms with van der Waals surface area (Å²) in [5.74, 6) is 0. The van der Waals surface area contributed by atoms with Crippen LogP contribution in [0.3, 0.4) is 0 Å². The summed E-state index contributed by atoms with van der Waals surface area (Å²) in [7, 11) is 0. The van der Waals surface area contributed by atoms with E-state index in [1.54, 1.807) is 0 Å². The molecule has 0 aliphatic heterocycles. The smallest absolute Gasteiger partial charge is 0.0883 e. The Morgan fingerprint density at radius 2 is 0.927 bits per heavy atom. The molecule has 0 saturated carbocycles. The van der Waals surface area contributed by atoms with Crippen LogP contribution in [-0.4, -0.2) is 0 Å². The average molecular weight is 721 g/mol. The van der Waals surface area contributed by atoms with Crippen LogP contribution in [0.4, 0.5) is 34.1 Å². The van der Waals surface area contributed by atoms with Crippen molar-refractivity contribution in [2.45, 2.75) is 0 Å². The third-order valence-electron chi connectivity index (χ3n) is 10.4. The summed E-state index contributed by atoms with van der Waals surface area (Å²) in [6, 6.07) is 78.8. The van der Waals surface area contributed by atoms with Gasteiger partial charge in [0.1, 0.15) is 0 Å². The quantitative estimate of drug-likeness (QED) is 0.154. The number of anilines is 6. The van der Waals surface area contributed by atoms with Gasteiger partial charge in [0.2, 0.25) is 0 Å². The molecule has 0 spiro atoms. The highest BCUT2D eigenvalue weighted by Gasteiger charge is 2.28. The fraction of sp³-hybridized carbons (Fsp3) is 0. The van der Waals surface area contributed by atoms with Gasteiger partial charge < -0.3 is 9.80 Å². The molecular weight excluding hydrogens is 685 g/mol. The summed E-state index contributed by atoms with van der Waals surface area (Å²) in [5.41, 5.74) is 11.3. The second-order valence-corrected chi connectivity index (χ2v) is 14.8. The molecular formula is C52H36N2S. The van der Waals surface area contributed by atoms with Crippen molar-refractivity contribution in [1.29, 1.82) is 0 Å². The third kappa shape index (κ3) is 5.92. The van der Waals surface area contributed by atoms with Crippen LogP contribution in [0.5, 0.6) is 0 Å². The van der Waals surface area contributed by atoms with Gasteiger partial charge >= 0.3 is 0 Å². The van der Waals surface area contributed by atoms with Gasteiger partial charge in [0.25, 0.3) is 0 Å². The Morgan fingerprint density at radius 3 is 1.67 bits per heavy atom. The highest BCUT2D eigenvalue weighted by molar-refractivity contribution is 7.26. The SMILES string of the molecule is c1ccc(-c2cccc(N(c3ccccc3)c3ccc4c(sc5ccc6ccccc6c54)c3N(c3ccccc3)c3ccccc3-c3ccccc3)c2)cc1. The lowest BCUT2D eigenvalue weighted by atomic mass is 9.99. The van der Waals surface area contributed by atoms with Crippen LogP contribution in [0.15, 0.2) is 218 Å². The Bertz CT molecular complexity index is 2920. The van der Waals surface area contributed by atoms with Gasteiger partial charge in [-0.25, -0.2) is 0 Å². The molecule has 1 heterocycles. The topological polar surface area (TPSA) is 6.48 Å².